The van der Waals surface area contributed by atoms with Crippen LogP contribution in [0, 0.1) is 0 Å². The number of ether oxygens (including phenoxy) is 3. The Balaban J connectivity index is 1.55. The van der Waals surface area contributed by atoms with Crippen LogP contribution in [0.15, 0.2) is 30.3 Å². The molecule has 192 valence electrons. The molecule has 1 aromatic heterocycles. The molecule has 1 amide bonds. The van der Waals surface area contributed by atoms with Crippen molar-refractivity contribution in [2.45, 2.75) is 57.6 Å². The number of rotatable bonds is 5. The molecule has 3 heterocycles. The van der Waals surface area contributed by atoms with Crippen LogP contribution in [0.3, 0.4) is 0 Å². The Morgan fingerprint density at radius 3 is 2.34 bits per heavy atom. The van der Waals surface area contributed by atoms with Crippen molar-refractivity contribution in [2.24, 2.45) is 0 Å². The third-order valence-corrected chi connectivity index (χ3v) is 6.89. The Kier molecular flexibility index (Phi) is 6.95. The number of hydrogen-bond donors (Lipinski definition) is 0. The Morgan fingerprint density at radius 2 is 1.74 bits per heavy atom. The van der Waals surface area contributed by atoms with Gasteiger partial charge in [0.1, 0.15) is 5.69 Å². The maximum atomic E-state index is 13.6. The molecule has 0 N–H and O–H groups in total. The molecule has 0 aliphatic carbocycles. The highest BCUT2D eigenvalue weighted by Gasteiger charge is 2.50. The summed E-state index contributed by atoms with van der Waals surface area (Å²) in [6, 6.07) is 8.48. The number of piperidine rings is 1. The molecule has 7 nitrogen and oxygen atoms in total. The number of hydrogen-bond acceptors (Lipinski definition) is 5. The first-order chi connectivity index (χ1) is 16.6. The summed E-state index contributed by atoms with van der Waals surface area (Å²) < 4.78 is 58.4. The van der Waals surface area contributed by atoms with E-state index in [2.05, 4.69) is 4.90 Å². The van der Waals surface area contributed by atoms with Gasteiger partial charge < -0.3 is 18.8 Å². The largest absolute Gasteiger partial charge is 0.493 e. The van der Waals surface area contributed by atoms with E-state index in [0.717, 1.165) is 11.6 Å². The molecule has 1 spiro atoms. The first kappa shape index (κ1) is 25.2. The number of halogens is 3. The van der Waals surface area contributed by atoms with E-state index in [9.17, 15) is 18.0 Å². The van der Waals surface area contributed by atoms with E-state index in [1.165, 1.54) is 17.7 Å². The average molecular weight is 496 g/mol. The van der Waals surface area contributed by atoms with Crippen molar-refractivity contribution in [3.8, 4) is 11.5 Å². The van der Waals surface area contributed by atoms with Crippen LogP contribution in [-0.2, 0) is 29.5 Å². The second-order valence-corrected chi connectivity index (χ2v) is 9.33. The lowest BCUT2D eigenvalue weighted by Crippen LogP contribution is -2.59. The monoisotopic (exact) mass is 495 g/mol. The summed E-state index contributed by atoms with van der Waals surface area (Å²) in [6.45, 7) is 6.05. The molecule has 10 heteroatoms. The van der Waals surface area contributed by atoms with E-state index in [-0.39, 0.29) is 19.2 Å². The van der Waals surface area contributed by atoms with Gasteiger partial charge in [-0.15, -0.1) is 0 Å². The van der Waals surface area contributed by atoms with Gasteiger partial charge in [-0.3, -0.25) is 9.80 Å². The standard InChI is InChI=1S/C25H32F3N3O4/c1-17(2)35-19-6-5-18(15-20(19)33-3)16-29-11-9-24(10-12-29)21-7-8-22(25(26,27)28)30(21)13-14-31(24)23(32)34-4/h5-8,15,17H,9-14,16H2,1-4H3. The van der Waals surface area contributed by atoms with Crippen LogP contribution in [0.4, 0.5) is 18.0 Å². The summed E-state index contributed by atoms with van der Waals surface area (Å²) in [5, 5.41) is 0. The Hall–Kier alpha value is -2.88. The van der Waals surface area contributed by atoms with Crippen LogP contribution in [-0.4, -0.2) is 60.4 Å². The third-order valence-electron chi connectivity index (χ3n) is 6.89. The van der Waals surface area contributed by atoms with Gasteiger partial charge in [0.15, 0.2) is 11.5 Å². The van der Waals surface area contributed by atoms with Gasteiger partial charge in [0, 0.05) is 38.4 Å². The minimum atomic E-state index is -4.45. The average Bonchev–Trinajstić information content (AvgIpc) is 3.27. The number of alkyl halides is 3. The van der Waals surface area contributed by atoms with Crippen LogP contribution < -0.4 is 9.47 Å². The van der Waals surface area contributed by atoms with Gasteiger partial charge in [-0.1, -0.05) is 6.07 Å². The van der Waals surface area contributed by atoms with Crippen LogP contribution in [0.2, 0.25) is 0 Å². The molecule has 0 bridgehead atoms. The normalized spacial score (nSPS) is 18.0. The molecule has 1 fully saturated rings. The van der Waals surface area contributed by atoms with Crippen LogP contribution >= 0.6 is 0 Å². The highest BCUT2D eigenvalue weighted by Crippen LogP contribution is 2.45. The van der Waals surface area contributed by atoms with E-state index in [1.807, 2.05) is 32.0 Å². The minimum Gasteiger partial charge on any atom is -0.493 e. The van der Waals surface area contributed by atoms with E-state index in [4.69, 9.17) is 14.2 Å². The molecule has 0 atom stereocenters. The molecule has 4 rings (SSSR count). The Morgan fingerprint density at radius 1 is 1.03 bits per heavy atom. The second-order valence-electron chi connectivity index (χ2n) is 9.33. The van der Waals surface area contributed by atoms with Gasteiger partial charge >= 0.3 is 12.3 Å². The fourth-order valence-electron chi connectivity index (χ4n) is 5.32. The SMILES string of the molecule is COC(=O)N1CCn2c(C(F)(F)F)ccc2C12CCN(Cc1ccc(OC(C)C)c(OC)c1)CC2. The summed E-state index contributed by atoms with van der Waals surface area (Å²) in [4.78, 5) is 16.5. The topological polar surface area (TPSA) is 56.2 Å². The van der Waals surface area contributed by atoms with E-state index < -0.39 is 23.5 Å². The van der Waals surface area contributed by atoms with Crippen molar-refractivity contribution in [3.63, 3.8) is 0 Å². The molecule has 1 aromatic carbocycles. The molecule has 0 unspecified atom stereocenters. The number of benzene rings is 1. The van der Waals surface area contributed by atoms with Crippen LogP contribution in [0.1, 0.15) is 43.6 Å². The van der Waals surface area contributed by atoms with Gasteiger partial charge in [0.25, 0.3) is 0 Å². The van der Waals surface area contributed by atoms with Crippen molar-refractivity contribution in [1.29, 1.82) is 0 Å². The minimum absolute atomic E-state index is 0.0260. The molecular formula is C25H32F3N3O4. The van der Waals surface area contributed by atoms with Crippen molar-refractivity contribution in [3.05, 3.63) is 47.3 Å². The number of fused-ring (bicyclic) bond motifs is 2. The lowest BCUT2D eigenvalue weighted by molar-refractivity contribution is -0.144. The van der Waals surface area contributed by atoms with E-state index in [0.29, 0.717) is 49.7 Å². The first-order valence-corrected chi connectivity index (χ1v) is 11.8. The number of methoxy groups -OCH3 is 2. The number of carbonyl (C=O) groups excluding carboxylic acids is 1. The van der Waals surface area contributed by atoms with Crippen molar-refractivity contribution >= 4 is 6.09 Å². The Labute approximate surface area is 203 Å². The highest BCUT2D eigenvalue weighted by molar-refractivity contribution is 5.69. The summed E-state index contributed by atoms with van der Waals surface area (Å²) in [7, 11) is 2.91. The smallest absolute Gasteiger partial charge is 0.431 e. The number of likely N-dealkylation sites (tertiary alicyclic amines) is 1. The summed E-state index contributed by atoms with van der Waals surface area (Å²) in [6.07, 6.45) is -3.91. The fraction of sp³-hybridized carbons (Fsp3) is 0.560. The second kappa shape index (κ2) is 9.64. The predicted octanol–water partition coefficient (Wildman–Crippen LogP) is 4.88. The quantitative estimate of drug-likeness (QED) is 0.592. The van der Waals surface area contributed by atoms with Gasteiger partial charge in [0.05, 0.1) is 25.9 Å². The number of nitrogens with zero attached hydrogens (tertiary/aromatic N) is 3. The maximum Gasteiger partial charge on any atom is 0.431 e. The van der Waals surface area contributed by atoms with Crippen molar-refractivity contribution in [2.75, 3.05) is 33.9 Å². The molecule has 0 radical (unpaired) electrons. The van der Waals surface area contributed by atoms with Gasteiger partial charge in [-0.25, -0.2) is 4.79 Å². The number of aromatic nitrogens is 1. The van der Waals surface area contributed by atoms with Crippen LogP contribution in [0.5, 0.6) is 11.5 Å². The van der Waals surface area contributed by atoms with E-state index >= 15 is 0 Å². The molecule has 0 saturated carbocycles. The molecule has 2 aromatic rings. The number of carbonyl (C=O) groups is 1. The molecule has 2 aliphatic heterocycles. The van der Waals surface area contributed by atoms with Crippen molar-refractivity contribution in [1.82, 2.24) is 14.4 Å². The van der Waals surface area contributed by atoms with Gasteiger partial charge in [-0.05, 0) is 56.5 Å². The zero-order valence-electron chi connectivity index (χ0n) is 20.5. The molecule has 2 aliphatic rings. The summed E-state index contributed by atoms with van der Waals surface area (Å²) in [5.74, 6) is 1.34. The summed E-state index contributed by atoms with van der Waals surface area (Å²) >= 11 is 0. The zero-order chi connectivity index (χ0) is 25.4. The lowest BCUT2D eigenvalue weighted by Gasteiger charge is -2.51. The fourth-order valence-corrected chi connectivity index (χ4v) is 5.32. The summed E-state index contributed by atoms with van der Waals surface area (Å²) in [5.41, 5.74) is 0.0653. The Bertz CT molecular complexity index is 1060. The zero-order valence-corrected chi connectivity index (χ0v) is 20.5. The molecule has 1 saturated heterocycles. The molecule has 35 heavy (non-hydrogen) atoms. The highest BCUT2D eigenvalue weighted by atomic mass is 19.4. The predicted molar refractivity (Wildman–Crippen MR) is 123 cm³/mol. The lowest BCUT2D eigenvalue weighted by atomic mass is 9.81. The van der Waals surface area contributed by atoms with E-state index in [1.54, 1.807) is 12.0 Å². The number of amides is 1. The van der Waals surface area contributed by atoms with Crippen LogP contribution in [0.25, 0.3) is 0 Å². The first-order valence-electron chi connectivity index (χ1n) is 11.8. The van der Waals surface area contributed by atoms with Crippen molar-refractivity contribution < 1.29 is 32.2 Å². The third kappa shape index (κ3) is 4.80. The van der Waals surface area contributed by atoms with Gasteiger partial charge in [-0.2, -0.15) is 13.2 Å². The van der Waals surface area contributed by atoms with Gasteiger partial charge in [0.2, 0.25) is 0 Å². The molecular weight excluding hydrogens is 463 g/mol. The maximum absolute atomic E-state index is 13.6.